The molecule has 1 aliphatic rings. The Balaban J connectivity index is 1.78. The molecule has 13 nitrogen and oxygen atoms in total. The smallest absolute Gasteiger partial charge is 0.245 e. The predicted molar refractivity (Wildman–Crippen MR) is 236 cm³/mol. The maximum atomic E-state index is 14.5. The fourth-order valence-electron chi connectivity index (χ4n) is 8.69. The zero-order valence-corrected chi connectivity index (χ0v) is 38.7. The average Bonchev–Trinajstić information content (AvgIpc) is 3.93. The van der Waals surface area contributed by atoms with Crippen molar-refractivity contribution in [3.8, 4) is 0 Å². The number of ether oxygens (including phenoxy) is 2. The van der Waals surface area contributed by atoms with E-state index in [1.165, 1.54) is 11.3 Å². The molecule has 2 aromatic rings. The molecule has 332 valence electrons. The normalized spacial score (nSPS) is 18.6. The van der Waals surface area contributed by atoms with Gasteiger partial charge in [0.05, 0.1) is 48.7 Å². The van der Waals surface area contributed by atoms with Gasteiger partial charge in [-0.25, -0.2) is 4.98 Å². The number of nitrogens with zero attached hydrogens (tertiary/aromatic N) is 4. The first-order valence-electron chi connectivity index (χ1n) is 21.6. The third-order valence-electron chi connectivity index (χ3n) is 12.2. The van der Waals surface area contributed by atoms with Gasteiger partial charge in [0.25, 0.3) is 0 Å². The number of amides is 4. The van der Waals surface area contributed by atoms with Crippen LogP contribution in [0.25, 0.3) is 0 Å². The Morgan fingerprint density at radius 3 is 2.22 bits per heavy atom. The topological polar surface area (TPSA) is 145 Å². The molecule has 3 N–H and O–H groups in total. The van der Waals surface area contributed by atoms with Crippen LogP contribution in [0, 0.1) is 23.7 Å². The predicted octanol–water partition coefficient (Wildman–Crippen LogP) is 5.17. The maximum Gasteiger partial charge on any atom is 0.245 e. The molecule has 1 aromatic carbocycles. The molecule has 0 aliphatic carbocycles. The second-order valence-electron chi connectivity index (χ2n) is 17.1. The number of aromatic nitrogens is 1. The van der Waals surface area contributed by atoms with E-state index >= 15 is 0 Å². The molecule has 4 amide bonds. The number of carbonyl (C=O) groups is 4. The number of likely N-dealkylation sites (tertiary alicyclic amines) is 1. The number of carbonyl (C=O) groups excluding carboxylic acids is 4. The lowest BCUT2D eigenvalue weighted by molar-refractivity contribution is -0.148. The third kappa shape index (κ3) is 13.8. The van der Waals surface area contributed by atoms with E-state index in [2.05, 4.69) is 39.7 Å². The van der Waals surface area contributed by atoms with E-state index in [-0.39, 0.29) is 59.9 Å². The summed E-state index contributed by atoms with van der Waals surface area (Å²) in [5.74, 6) is -1.37. The summed E-state index contributed by atoms with van der Waals surface area (Å²) >= 11 is 1.51. The molecule has 0 spiro atoms. The summed E-state index contributed by atoms with van der Waals surface area (Å²) in [7, 11) is 8.82. The number of hydrogen-bond donors (Lipinski definition) is 3. The highest BCUT2D eigenvalue weighted by Crippen LogP contribution is 2.30. The summed E-state index contributed by atoms with van der Waals surface area (Å²) in [6, 6.07) is 7.80. The highest BCUT2D eigenvalue weighted by atomic mass is 32.1. The summed E-state index contributed by atoms with van der Waals surface area (Å²) in [6.45, 7) is 16.1. The summed E-state index contributed by atoms with van der Waals surface area (Å²) in [5, 5.41) is 12.3. The molecule has 1 fully saturated rings. The molecule has 1 aliphatic heterocycles. The summed E-state index contributed by atoms with van der Waals surface area (Å²) in [6.07, 6.45) is 4.36. The largest absolute Gasteiger partial charge is 0.379 e. The quantitative estimate of drug-likeness (QED) is 0.115. The number of methoxy groups -OCH3 is 2. The van der Waals surface area contributed by atoms with Crippen LogP contribution in [-0.4, -0.2) is 135 Å². The van der Waals surface area contributed by atoms with Crippen LogP contribution in [0.2, 0.25) is 0 Å². The summed E-state index contributed by atoms with van der Waals surface area (Å²) < 4.78 is 12.2. The zero-order chi connectivity index (χ0) is 43.8. The van der Waals surface area contributed by atoms with Crippen LogP contribution in [0.5, 0.6) is 0 Å². The van der Waals surface area contributed by atoms with Crippen molar-refractivity contribution in [2.24, 2.45) is 23.7 Å². The number of likely N-dealkylation sites (N-methyl/N-ethyl adjacent to an activating group) is 2. The molecule has 1 saturated heterocycles. The van der Waals surface area contributed by atoms with E-state index < -0.39 is 36.3 Å². The van der Waals surface area contributed by atoms with Gasteiger partial charge < -0.3 is 35.2 Å². The molecule has 0 saturated carbocycles. The number of hydrogen-bond acceptors (Lipinski definition) is 10. The van der Waals surface area contributed by atoms with Crippen molar-refractivity contribution < 1.29 is 28.7 Å². The average molecular weight is 842 g/mol. The van der Waals surface area contributed by atoms with Crippen molar-refractivity contribution in [1.82, 2.24) is 35.6 Å². The highest BCUT2D eigenvalue weighted by molar-refractivity contribution is 7.09. The van der Waals surface area contributed by atoms with Crippen LogP contribution in [0.15, 0.2) is 41.9 Å². The Bertz CT molecular complexity index is 1560. The van der Waals surface area contributed by atoms with E-state index in [9.17, 15) is 19.2 Å². The fraction of sp³-hybridized carbons (Fsp3) is 0.711. The van der Waals surface area contributed by atoms with Gasteiger partial charge in [-0.3, -0.25) is 24.1 Å². The first-order chi connectivity index (χ1) is 28.1. The lowest BCUT2D eigenvalue weighted by Crippen LogP contribution is -2.60. The molecule has 3 rings (SSSR count). The van der Waals surface area contributed by atoms with Crippen molar-refractivity contribution in [2.75, 3.05) is 55.0 Å². The van der Waals surface area contributed by atoms with E-state index in [0.29, 0.717) is 19.4 Å². The van der Waals surface area contributed by atoms with Gasteiger partial charge in [0.2, 0.25) is 23.6 Å². The van der Waals surface area contributed by atoms with Crippen molar-refractivity contribution in [3.63, 3.8) is 0 Å². The van der Waals surface area contributed by atoms with Crippen LogP contribution in [-0.2, 0) is 35.1 Å². The van der Waals surface area contributed by atoms with Crippen molar-refractivity contribution in [3.05, 3.63) is 52.5 Å². The van der Waals surface area contributed by atoms with Crippen molar-refractivity contribution >= 4 is 35.0 Å². The molecule has 14 heteroatoms. The zero-order valence-electron chi connectivity index (χ0n) is 37.9. The van der Waals surface area contributed by atoms with Gasteiger partial charge in [-0.15, -0.1) is 11.3 Å². The molecule has 9 atom stereocenters. The molecular formula is C45H75N7O6S. The van der Waals surface area contributed by atoms with Crippen LogP contribution in [0.1, 0.15) is 97.2 Å². The molecule has 2 heterocycles. The van der Waals surface area contributed by atoms with Gasteiger partial charge in [-0.05, 0) is 76.2 Å². The van der Waals surface area contributed by atoms with Crippen LogP contribution in [0.4, 0.5) is 0 Å². The van der Waals surface area contributed by atoms with Gasteiger partial charge in [-0.2, -0.15) is 0 Å². The Kier molecular flexibility index (Phi) is 20.9. The van der Waals surface area contributed by atoms with Gasteiger partial charge >= 0.3 is 0 Å². The van der Waals surface area contributed by atoms with Gasteiger partial charge in [0, 0.05) is 39.4 Å². The van der Waals surface area contributed by atoms with Crippen LogP contribution < -0.4 is 16.0 Å². The minimum atomic E-state index is -0.764. The molecule has 59 heavy (non-hydrogen) atoms. The Morgan fingerprint density at radius 1 is 0.966 bits per heavy atom. The third-order valence-corrected chi connectivity index (χ3v) is 13.0. The number of thiazole rings is 1. The van der Waals surface area contributed by atoms with Crippen LogP contribution in [0.3, 0.4) is 0 Å². The molecule has 0 bridgehead atoms. The minimum Gasteiger partial charge on any atom is -0.379 e. The van der Waals surface area contributed by atoms with Crippen molar-refractivity contribution in [1.29, 1.82) is 0 Å². The van der Waals surface area contributed by atoms with E-state index in [4.69, 9.17) is 9.47 Å². The molecule has 2 unspecified atom stereocenters. The lowest BCUT2D eigenvalue weighted by atomic mass is 9.89. The highest BCUT2D eigenvalue weighted by Gasteiger charge is 2.43. The second kappa shape index (κ2) is 24.7. The monoisotopic (exact) mass is 842 g/mol. The number of benzene rings is 1. The van der Waals surface area contributed by atoms with E-state index in [0.717, 1.165) is 42.9 Å². The first-order valence-corrected chi connectivity index (χ1v) is 22.5. The Hall–Kier alpha value is -3.43. The standard InChI is InChI=1S/C45H75N7O6S/c1-13-31(6)40(51(10)45(56)38(29(2)3)49-43(55)39(30(4)5)50(9)24-18-22-46-8)36(57-11)28-37(53)52-25-17-21-35(52)41(58-12)32(7)42(54)48-34(44-47-23-26-59-44)27-33-19-15-14-16-20-33/h14-16,19-20,23,26,29-32,34-36,38-41,46H,13,17-18,21-22,24-25,27-28H2,1-12H3,(H,48,54)(H,49,55)/t31-,32+,34-,35-,36+,38-,39?,40?,41+/m0/s1. The fourth-order valence-corrected chi connectivity index (χ4v) is 9.38. The maximum absolute atomic E-state index is 14.5. The minimum absolute atomic E-state index is 0.0154. The summed E-state index contributed by atoms with van der Waals surface area (Å²) in [5.41, 5.74) is 1.09. The number of rotatable bonds is 25. The molecule has 1 aromatic heterocycles. The Morgan fingerprint density at radius 2 is 1.66 bits per heavy atom. The van der Waals surface area contributed by atoms with Gasteiger partial charge in [-0.1, -0.05) is 85.2 Å². The summed E-state index contributed by atoms with van der Waals surface area (Å²) in [4.78, 5) is 66.8. The second-order valence-corrected chi connectivity index (χ2v) is 18.0. The SMILES string of the molecule is CC[C@H](C)C([C@@H](CC(=O)N1CCC[C@H]1[C@H](OC)[C@@H](C)C(=O)N[C@@H](Cc1ccccc1)c1nccs1)OC)N(C)C(=O)[C@@H](NC(=O)C(C(C)C)N(C)CCCNC)C(C)C. The van der Waals surface area contributed by atoms with E-state index in [1.54, 1.807) is 32.4 Å². The molecular weight excluding hydrogens is 767 g/mol. The van der Waals surface area contributed by atoms with Gasteiger partial charge in [0.1, 0.15) is 11.0 Å². The van der Waals surface area contributed by atoms with Gasteiger partial charge in [0.15, 0.2) is 0 Å². The van der Waals surface area contributed by atoms with Crippen LogP contribution >= 0.6 is 11.3 Å². The van der Waals surface area contributed by atoms with Crippen molar-refractivity contribution in [2.45, 2.75) is 129 Å². The van der Waals surface area contributed by atoms with E-state index in [1.807, 2.05) is 89.3 Å². The molecule has 0 radical (unpaired) electrons. The first kappa shape index (κ1) is 49.9. The number of nitrogens with one attached hydrogen (secondary N) is 3. The Labute approximate surface area is 358 Å². The lowest BCUT2D eigenvalue weighted by Gasteiger charge is -2.41.